The first-order valence-corrected chi connectivity index (χ1v) is 8.63. The molecule has 1 aromatic heterocycles. The molecule has 0 bridgehead atoms. The summed E-state index contributed by atoms with van der Waals surface area (Å²) < 4.78 is 0. The number of nitrogens with zero attached hydrogens (tertiary/aromatic N) is 1. The van der Waals surface area contributed by atoms with Crippen molar-refractivity contribution in [3.05, 3.63) is 21.9 Å². The molecule has 1 unspecified atom stereocenters. The van der Waals surface area contributed by atoms with Crippen LogP contribution in [0.4, 0.5) is 0 Å². The van der Waals surface area contributed by atoms with Gasteiger partial charge in [0.2, 0.25) is 0 Å². The monoisotopic (exact) mass is 280 g/mol. The summed E-state index contributed by atoms with van der Waals surface area (Å²) in [6.45, 7) is 10.5. The molecule has 19 heavy (non-hydrogen) atoms. The lowest BCUT2D eigenvalue weighted by molar-refractivity contribution is 0.279. The van der Waals surface area contributed by atoms with Crippen molar-refractivity contribution in [1.29, 1.82) is 0 Å². The van der Waals surface area contributed by atoms with Crippen molar-refractivity contribution in [2.75, 3.05) is 26.2 Å². The first-order valence-electron chi connectivity index (χ1n) is 7.75. The van der Waals surface area contributed by atoms with Crippen LogP contribution in [-0.2, 0) is 6.54 Å². The fourth-order valence-electron chi connectivity index (χ4n) is 2.88. The normalized spacial score (nSPS) is 21.5. The van der Waals surface area contributed by atoms with E-state index in [1.54, 1.807) is 0 Å². The van der Waals surface area contributed by atoms with Crippen LogP contribution in [0, 0.1) is 12.8 Å². The molecule has 108 valence electrons. The Bertz CT molecular complexity index is 361. The van der Waals surface area contributed by atoms with E-state index in [4.69, 9.17) is 0 Å². The van der Waals surface area contributed by atoms with E-state index >= 15 is 0 Å². The predicted octanol–water partition coefficient (Wildman–Crippen LogP) is 3.66. The summed E-state index contributed by atoms with van der Waals surface area (Å²) >= 11 is 1.87. The van der Waals surface area contributed by atoms with Gasteiger partial charge in [0.1, 0.15) is 0 Å². The number of thiophene rings is 1. The van der Waals surface area contributed by atoms with Crippen LogP contribution >= 0.6 is 11.3 Å². The lowest BCUT2D eigenvalue weighted by Gasteiger charge is -2.20. The third-order valence-electron chi connectivity index (χ3n) is 4.38. The molecule has 2 nitrogen and oxygen atoms in total. The molecule has 2 rings (SSSR count). The zero-order valence-electron chi connectivity index (χ0n) is 12.5. The molecule has 0 spiro atoms. The van der Waals surface area contributed by atoms with Gasteiger partial charge in [-0.1, -0.05) is 13.3 Å². The van der Waals surface area contributed by atoms with E-state index in [1.807, 2.05) is 11.3 Å². The van der Waals surface area contributed by atoms with Gasteiger partial charge in [-0.2, -0.15) is 0 Å². The lowest BCUT2D eigenvalue weighted by Crippen LogP contribution is -2.32. The van der Waals surface area contributed by atoms with Crippen molar-refractivity contribution in [3.63, 3.8) is 0 Å². The van der Waals surface area contributed by atoms with E-state index in [9.17, 15) is 0 Å². The largest absolute Gasteiger partial charge is 0.311 e. The predicted molar refractivity (Wildman–Crippen MR) is 84.8 cm³/mol. The Morgan fingerprint density at radius 2 is 2.26 bits per heavy atom. The molecule has 1 aliphatic rings. The molecule has 1 N–H and O–H groups in total. The van der Waals surface area contributed by atoms with Gasteiger partial charge in [0.05, 0.1) is 0 Å². The smallest absolute Gasteiger partial charge is 0.0302 e. The first kappa shape index (κ1) is 15.0. The van der Waals surface area contributed by atoms with Crippen LogP contribution in [0.15, 0.2) is 11.4 Å². The van der Waals surface area contributed by atoms with Crippen molar-refractivity contribution in [2.45, 2.75) is 46.1 Å². The Labute approximate surface area is 122 Å². The number of rotatable bonds is 6. The zero-order valence-corrected chi connectivity index (χ0v) is 13.3. The summed E-state index contributed by atoms with van der Waals surface area (Å²) in [5, 5.41) is 5.78. The maximum Gasteiger partial charge on any atom is 0.0302 e. The number of nitrogens with one attached hydrogen (secondary N) is 1. The second-order valence-electron chi connectivity index (χ2n) is 5.75. The fraction of sp³-hybridized carbons (Fsp3) is 0.750. The van der Waals surface area contributed by atoms with E-state index in [0.29, 0.717) is 0 Å². The van der Waals surface area contributed by atoms with Gasteiger partial charge < -0.3 is 10.2 Å². The standard InChI is InChI=1S/C16H28N2S/c1-3-15-5-4-9-18(10-6-15)11-8-17-13-16-14(2)7-12-19-16/h7,12,15,17H,3-6,8-11,13H2,1-2H3. The van der Waals surface area contributed by atoms with Crippen molar-refractivity contribution < 1.29 is 0 Å². The molecule has 1 saturated heterocycles. The second kappa shape index (κ2) is 8.03. The second-order valence-corrected chi connectivity index (χ2v) is 6.75. The van der Waals surface area contributed by atoms with Crippen molar-refractivity contribution >= 4 is 11.3 Å². The molecule has 1 aromatic rings. The summed E-state index contributed by atoms with van der Waals surface area (Å²) in [6, 6.07) is 2.21. The lowest BCUT2D eigenvalue weighted by atomic mass is 9.98. The Morgan fingerprint density at radius 3 is 3.00 bits per heavy atom. The first-order chi connectivity index (χ1) is 9.29. The summed E-state index contributed by atoms with van der Waals surface area (Å²) in [4.78, 5) is 4.13. The minimum atomic E-state index is 0.978. The van der Waals surface area contributed by atoms with Crippen molar-refractivity contribution in [2.24, 2.45) is 5.92 Å². The van der Waals surface area contributed by atoms with Gasteiger partial charge >= 0.3 is 0 Å². The Morgan fingerprint density at radius 1 is 1.37 bits per heavy atom. The van der Waals surface area contributed by atoms with Crippen LogP contribution in [0.5, 0.6) is 0 Å². The molecule has 0 amide bonds. The average Bonchev–Trinajstić information content (AvgIpc) is 2.70. The van der Waals surface area contributed by atoms with Gasteiger partial charge in [-0.25, -0.2) is 0 Å². The minimum Gasteiger partial charge on any atom is -0.311 e. The summed E-state index contributed by atoms with van der Waals surface area (Å²) in [6.07, 6.45) is 5.60. The highest BCUT2D eigenvalue weighted by Crippen LogP contribution is 2.19. The SMILES string of the molecule is CCC1CCCN(CCNCc2sccc2C)CC1. The van der Waals surface area contributed by atoms with Gasteiger partial charge in [0, 0.05) is 24.5 Å². The number of hydrogen-bond donors (Lipinski definition) is 1. The van der Waals surface area contributed by atoms with Crippen molar-refractivity contribution in [3.8, 4) is 0 Å². The number of likely N-dealkylation sites (tertiary alicyclic amines) is 1. The summed E-state index contributed by atoms with van der Waals surface area (Å²) in [7, 11) is 0. The van der Waals surface area contributed by atoms with E-state index in [1.165, 1.54) is 55.8 Å². The Balaban J connectivity index is 1.62. The number of hydrogen-bond acceptors (Lipinski definition) is 3. The van der Waals surface area contributed by atoms with Gasteiger partial charge in [0.15, 0.2) is 0 Å². The van der Waals surface area contributed by atoms with E-state index in [-0.39, 0.29) is 0 Å². The van der Waals surface area contributed by atoms with E-state index in [0.717, 1.165) is 19.0 Å². The molecule has 0 saturated carbocycles. The maximum absolute atomic E-state index is 3.59. The highest BCUT2D eigenvalue weighted by atomic mass is 32.1. The summed E-state index contributed by atoms with van der Waals surface area (Å²) in [5.74, 6) is 0.978. The summed E-state index contributed by atoms with van der Waals surface area (Å²) in [5.41, 5.74) is 1.43. The molecule has 0 aromatic carbocycles. The molecule has 1 aliphatic heterocycles. The minimum absolute atomic E-state index is 0.978. The molecular weight excluding hydrogens is 252 g/mol. The van der Waals surface area contributed by atoms with Crippen LogP contribution in [0.1, 0.15) is 43.0 Å². The van der Waals surface area contributed by atoms with Crippen LogP contribution < -0.4 is 5.32 Å². The highest BCUT2D eigenvalue weighted by Gasteiger charge is 2.14. The van der Waals surface area contributed by atoms with Crippen molar-refractivity contribution in [1.82, 2.24) is 10.2 Å². The van der Waals surface area contributed by atoms with Crippen LogP contribution in [0.25, 0.3) is 0 Å². The highest BCUT2D eigenvalue weighted by molar-refractivity contribution is 7.10. The third kappa shape index (κ3) is 4.90. The van der Waals surface area contributed by atoms with Gasteiger partial charge in [-0.3, -0.25) is 0 Å². The molecule has 1 fully saturated rings. The van der Waals surface area contributed by atoms with Gasteiger partial charge in [0.25, 0.3) is 0 Å². The van der Waals surface area contributed by atoms with E-state index < -0.39 is 0 Å². The third-order valence-corrected chi connectivity index (χ3v) is 5.40. The maximum atomic E-state index is 3.59. The van der Waals surface area contributed by atoms with Crippen LogP contribution in [-0.4, -0.2) is 31.1 Å². The van der Waals surface area contributed by atoms with Crippen LogP contribution in [0.3, 0.4) is 0 Å². The Hall–Kier alpha value is -0.380. The molecule has 1 atom stereocenters. The van der Waals surface area contributed by atoms with E-state index in [2.05, 4.69) is 35.5 Å². The molecular formula is C16H28N2S. The number of aryl methyl sites for hydroxylation is 1. The molecule has 0 radical (unpaired) electrons. The Kier molecular flexibility index (Phi) is 6.35. The molecule has 3 heteroatoms. The fourth-order valence-corrected chi connectivity index (χ4v) is 3.76. The molecule has 0 aliphatic carbocycles. The average molecular weight is 280 g/mol. The van der Waals surface area contributed by atoms with Gasteiger partial charge in [-0.05, 0) is 62.2 Å². The molecule has 2 heterocycles. The quantitative estimate of drug-likeness (QED) is 0.800. The zero-order chi connectivity index (χ0) is 13.5. The van der Waals surface area contributed by atoms with Crippen LogP contribution in [0.2, 0.25) is 0 Å². The topological polar surface area (TPSA) is 15.3 Å². The van der Waals surface area contributed by atoms with Gasteiger partial charge in [-0.15, -0.1) is 11.3 Å².